The Kier molecular flexibility index (Phi) is 8.43. The van der Waals surface area contributed by atoms with Crippen LogP contribution in [0.2, 0.25) is 0 Å². The molecule has 0 bridgehead atoms. The first-order chi connectivity index (χ1) is 7.76. The molecule has 1 aromatic carbocycles. The quantitative estimate of drug-likeness (QED) is 0.570. The Balaban J connectivity index is 0.00000256. The molecule has 0 saturated carbocycles. The molecule has 1 aromatic rings. The van der Waals surface area contributed by atoms with Gasteiger partial charge in [-0.05, 0) is 6.92 Å². The van der Waals surface area contributed by atoms with Gasteiger partial charge in [-0.15, -0.1) is 0 Å². The van der Waals surface area contributed by atoms with Gasteiger partial charge in [-0.25, -0.2) is 0 Å². The average molecular weight is 302 g/mol. The van der Waals surface area contributed by atoms with Crippen molar-refractivity contribution < 1.29 is 21.5 Å². The molecule has 0 atom stereocenters. The molecule has 4 heteroatoms. The number of rotatable bonds is 7. The SMILES string of the molecule is CC[N+](CCN)(CCN)Cc1ccccc1.[Br-]. The summed E-state index contributed by atoms with van der Waals surface area (Å²) in [4.78, 5) is 0. The van der Waals surface area contributed by atoms with Gasteiger partial charge in [0.1, 0.15) is 6.54 Å². The molecule has 0 spiro atoms. The maximum absolute atomic E-state index is 5.72. The molecule has 0 saturated heterocycles. The molecule has 98 valence electrons. The Morgan fingerprint density at radius 1 is 1.00 bits per heavy atom. The second-order valence-electron chi connectivity index (χ2n) is 4.33. The van der Waals surface area contributed by atoms with E-state index in [-0.39, 0.29) is 17.0 Å². The first-order valence-corrected chi connectivity index (χ1v) is 6.05. The zero-order valence-corrected chi connectivity index (χ0v) is 12.2. The van der Waals surface area contributed by atoms with Gasteiger partial charge < -0.3 is 32.9 Å². The Morgan fingerprint density at radius 3 is 1.94 bits per heavy atom. The Morgan fingerprint density at radius 2 is 1.53 bits per heavy atom. The fraction of sp³-hybridized carbons (Fsp3) is 0.538. The van der Waals surface area contributed by atoms with Crippen molar-refractivity contribution in [2.45, 2.75) is 13.5 Å². The van der Waals surface area contributed by atoms with Crippen LogP contribution in [-0.2, 0) is 6.54 Å². The first-order valence-electron chi connectivity index (χ1n) is 6.05. The van der Waals surface area contributed by atoms with E-state index in [9.17, 15) is 0 Å². The summed E-state index contributed by atoms with van der Waals surface area (Å²) in [5.41, 5.74) is 12.8. The van der Waals surface area contributed by atoms with Crippen LogP contribution >= 0.6 is 0 Å². The van der Waals surface area contributed by atoms with Crippen molar-refractivity contribution in [3.05, 3.63) is 35.9 Å². The molecule has 1 rings (SSSR count). The molecule has 0 aliphatic heterocycles. The van der Waals surface area contributed by atoms with Gasteiger partial charge in [-0.1, -0.05) is 30.3 Å². The van der Waals surface area contributed by atoms with E-state index >= 15 is 0 Å². The second kappa shape index (κ2) is 8.64. The number of nitrogens with two attached hydrogens (primary N) is 2. The molecule has 3 nitrogen and oxygen atoms in total. The van der Waals surface area contributed by atoms with Gasteiger partial charge >= 0.3 is 0 Å². The number of hydrogen-bond donors (Lipinski definition) is 2. The molecule has 0 fully saturated rings. The van der Waals surface area contributed by atoms with E-state index in [1.165, 1.54) is 5.56 Å². The third kappa shape index (κ3) is 5.17. The summed E-state index contributed by atoms with van der Waals surface area (Å²) in [6.07, 6.45) is 0. The maximum atomic E-state index is 5.72. The molecule has 0 aromatic heterocycles. The zero-order valence-electron chi connectivity index (χ0n) is 10.6. The van der Waals surface area contributed by atoms with Gasteiger partial charge in [0.15, 0.2) is 0 Å². The van der Waals surface area contributed by atoms with Crippen molar-refractivity contribution in [2.75, 3.05) is 32.7 Å². The number of benzene rings is 1. The summed E-state index contributed by atoms with van der Waals surface area (Å²) in [5, 5.41) is 0. The van der Waals surface area contributed by atoms with Crippen LogP contribution in [0.5, 0.6) is 0 Å². The summed E-state index contributed by atoms with van der Waals surface area (Å²) < 4.78 is 0.997. The van der Waals surface area contributed by atoms with Crippen LogP contribution in [0.3, 0.4) is 0 Å². The summed E-state index contributed by atoms with van der Waals surface area (Å²) in [6.45, 7) is 7.79. The van der Waals surface area contributed by atoms with E-state index in [1.54, 1.807) is 0 Å². The van der Waals surface area contributed by atoms with Crippen molar-refractivity contribution in [2.24, 2.45) is 11.5 Å². The number of nitrogens with zero attached hydrogens (tertiary/aromatic N) is 1. The van der Waals surface area contributed by atoms with Crippen LogP contribution < -0.4 is 28.4 Å². The number of quaternary nitrogens is 1. The highest BCUT2D eigenvalue weighted by Crippen LogP contribution is 2.13. The Hall–Kier alpha value is -0.420. The molecule has 0 aliphatic rings. The summed E-state index contributed by atoms with van der Waals surface area (Å²) in [7, 11) is 0. The van der Waals surface area contributed by atoms with Crippen LogP contribution in [-0.4, -0.2) is 37.2 Å². The van der Waals surface area contributed by atoms with E-state index in [1.807, 2.05) is 0 Å². The summed E-state index contributed by atoms with van der Waals surface area (Å²) in [6, 6.07) is 10.6. The fourth-order valence-corrected chi connectivity index (χ4v) is 2.22. The van der Waals surface area contributed by atoms with Gasteiger partial charge in [0.2, 0.25) is 0 Å². The lowest BCUT2D eigenvalue weighted by Crippen LogP contribution is -3.00. The smallest absolute Gasteiger partial charge is 0.104 e. The van der Waals surface area contributed by atoms with E-state index < -0.39 is 0 Å². The van der Waals surface area contributed by atoms with Crippen LogP contribution in [0, 0.1) is 0 Å². The molecule has 0 radical (unpaired) electrons. The topological polar surface area (TPSA) is 52.0 Å². The molecule has 0 amide bonds. The molecular weight excluding hydrogens is 278 g/mol. The minimum atomic E-state index is 0. The molecule has 0 heterocycles. The van der Waals surface area contributed by atoms with Crippen molar-refractivity contribution in [3.63, 3.8) is 0 Å². The van der Waals surface area contributed by atoms with Crippen molar-refractivity contribution in [1.82, 2.24) is 0 Å². The third-order valence-corrected chi connectivity index (χ3v) is 3.24. The highest BCUT2D eigenvalue weighted by atomic mass is 79.9. The number of halogens is 1. The van der Waals surface area contributed by atoms with Gasteiger partial charge in [-0.2, -0.15) is 0 Å². The third-order valence-electron chi connectivity index (χ3n) is 3.24. The predicted octanol–water partition coefficient (Wildman–Crippen LogP) is -2.06. The fourth-order valence-electron chi connectivity index (χ4n) is 2.22. The van der Waals surface area contributed by atoms with E-state index in [2.05, 4.69) is 37.3 Å². The van der Waals surface area contributed by atoms with E-state index in [4.69, 9.17) is 11.5 Å². The maximum Gasteiger partial charge on any atom is 0.104 e. The Bertz CT molecular complexity index is 284. The highest BCUT2D eigenvalue weighted by molar-refractivity contribution is 5.13. The normalized spacial score (nSPS) is 11.0. The van der Waals surface area contributed by atoms with Crippen LogP contribution in [0.15, 0.2) is 30.3 Å². The largest absolute Gasteiger partial charge is 1.00 e. The monoisotopic (exact) mass is 301 g/mol. The summed E-state index contributed by atoms with van der Waals surface area (Å²) >= 11 is 0. The molecule has 17 heavy (non-hydrogen) atoms. The second-order valence-corrected chi connectivity index (χ2v) is 4.33. The van der Waals surface area contributed by atoms with Crippen LogP contribution in [0.1, 0.15) is 12.5 Å². The average Bonchev–Trinajstić information content (AvgIpc) is 2.31. The van der Waals surface area contributed by atoms with E-state index in [0.717, 1.165) is 43.8 Å². The molecule has 0 unspecified atom stereocenters. The van der Waals surface area contributed by atoms with Crippen LogP contribution in [0.4, 0.5) is 0 Å². The van der Waals surface area contributed by atoms with Gasteiger partial charge in [0, 0.05) is 18.7 Å². The van der Waals surface area contributed by atoms with Crippen molar-refractivity contribution >= 4 is 0 Å². The van der Waals surface area contributed by atoms with Gasteiger partial charge in [-0.3, -0.25) is 0 Å². The Labute approximate surface area is 115 Å². The highest BCUT2D eigenvalue weighted by Gasteiger charge is 2.23. The van der Waals surface area contributed by atoms with Gasteiger partial charge in [0.05, 0.1) is 19.6 Å². The molecular formula is C13H24BrN3. The predicted molar refractivity (Wildman–Crippen MR) is 68.8 cm³/mol. The van der Waals surface area contributed by atoms with Crippen LogP contribution in [0.25, 0.3) is 0 Å². The first kappa shape index (κ1) is 16.6. The van der Waals surface area contributed by atoms with Crippen molar-refractivity contribution in [3.8, 4) is 0 Å². The molecule has 4 N–H and O–H groups in total. The molecule has 0 aliphatic carbocycles. The standard InChI is InChI=1S/C13H24N3.BrH/c1-2-16(10-8-14,11-9-15)12-13-6-4-3-5-7-13;/h3-7H,2,8-12,14-15H2,1H3;1H/q+1;/p-1. The minimum Gasteiger partial charge on any atom is -1.00 e. The van der Waals surface area contributed by atoms with Gasteiger partial charge in [0.25, 0.3) is 0 Å². The van der Waals surface area contributed by atoms with Crippen molar-refractivity contribution in [1.29, 1.82) is 0 Å². The lowest BCUT2D eigenvalue weighted by Gasteiger charge is -2.37. The number of hydrogen-bond acceptors (Lipinski definition) is 2. The minimum absolute atomic E-state index is 0. The lowest BCUT2D eigenvalue weighted by atomic mass is 10.1. The lowest BCUT2D eigenvalue weighted by molar-refractivity contribution is -0.936. The summed E-state index contributed by atoms with van der Waals surface area (Å²) in [5.74, 6) is 0. The van der Waals surface area contributed by atoms with E-state index in [0.29, 0.717) is 0 Å². The zero-order chi connectivity index (χ0) is 11.9. The number of likely N-dealkylation sites (N-methyl/N-ethyl adjacent to an activating group) is 1.